The number of nitro groups is 1. The topological polar surface area (TPSA) is 110 Å². The summed E-state index contributed by atoms with van der Waals surface area (Å²) in [5.74, 6) is -0.0241. The largest absolute Gasteiger partial charge is 0.476 e. The zero-order valence-electron chi connectivity index (χ0n) is 11.3. The highest BCUT2D eigenvalue weighted by Crippen LogP contribution is 2.32. The molecule has 0 amide bonds. The molecule has 1 heterocycles. The Bertz CT molecular complexity index is 488. The van der Waals surface area contributed by atoms with E-state index in [4.69, 9.17) is 4.74 Å². The van der Waals surface area contributed by atoms with Crippen LogP contribution in [-0.4, -0.2) is 39.3 Å². The molecule has 0 radical (unpaired) electrons. The molecule has 1 aliphatic carbocycles. The first-order valence-electron chi connectivity index (χ1n) is 6.55. The predicted octanol–water partition coefficient (Wildman–Crippen LogP) is 1.50. The molecule has 20 heavy (non-hydrogen) atoms. The van der Waals surface area contributed by atoms with E-state index >= 15 is 0 Å². The highest BCUT2D eigenvalue weighted by molar-refractivity contribution is 5.61. The molecule has 1 aliphatic rings. The minimum Gasteiger partial charge on any atom is -0.476 e. The molecule has 0 spiro atoms. The number of nitrogens with one attached hydrogen (secondary N) is 1. The maximum absolute atomic E-state index is 11.1. The van der Waals surface area contributed by atoms with Gasteiger partial charge in [0.25, 0.3) is 5.88 Å². The van der Waals surface area contributed by atoms with E-state index in [2.05, 4.69) is 15.3 Å². The van der Waals surface area contributed by atoms with Gasteiger partial charge in [0.2, 0.25) is 5.82 Å². The van der Waals surface area contributed by atoms with Gasteiger partial charge in [0, 0.05) is 6.54 Å². The van der Waals surface area contributed by atoms with Gasteiger partial charge in [0.05, 0.1) is 17.6 Å². The molecule has 0 bridgehead atoms. The van der Waals surface area contributed by atoms with Crippen molar-refractivity contribution in [1.82, 2.24) is 9.97 Å². The highest BCUT2D eigenvalue weighted by Gasteiger charge is 2.31. The number of rotatable bonds is 5. The second kappa shape index (κ2) is 6.00. The highest BCUT2D eigenvalue weighted by atomic mass is 16.6. The fourth-order valence-corrected chi connectivity index (χ4v) is 2.44. The fourth-order valence-electron chi connectivity index (χ4n) is 2.44. The number of anilines is 1. The maximum atomic E-state index is 11.1. The molecule has 8 heteroatoms. The van der Waals surface area contributed by atoms with Crippen LogP contribution >= 0.6 is 0 Å². The van der Waals surface area contributed by atoms with Gasteiger partial charge in [-0.25, -0.2) is 4.98 Å². The van der Waals surface area contributed by atoms with Crippen molar-refractivity contribution in [3.63, 3.8) is 0 Å². The predicted molar refractivity (Wildman–Crippen MR) is 71.8 cm³/mol. The third-order valence-electron chi connectivity index (χ3n) is 3.53. The summed E-state index contributed by atoms with van der Waals surface area (Å²) in [5.41, 5.74) is -1.14. The van der Waals surface area contributed by atoms with Crippen molar-refractivity contribution in [3.8, 4) is 5.88 Å². The van der Waals surface area contributed by atoms with Gasteiger partial charge in [-0.2, -0.15) is 4.98 Å². The summed E-state index contributed by atoms with van der Waals surface area (Å²) in [7, 11) is 1.31. The zero-order valence-corrected chi connectivity index (χ0v) is 11.3. The minimum atomic E-state index is -0.829. The van der Waals surface area contributed by atoms with Gasteiger partial charge in [0.15, 0.2) is 0 Å². The average molecular weight is 282 g/mol. The Morgan fingerprint density at radius 3 is 2.75 bits per heavy atom. The molecular formula is C12H18N4O4. The van der Waals surface area contributed by atoms with Gasteiger partial charge < -0.3 is 15.2 Å². The van der Waals surface area contributed by atoms with E-state index in [0.29, 0.717) is 12.8 Å². The molecule has 1 saturated carbocycles. The first-order chi connectivity index (χ1) is 9.56. The van der Waals surface area contributed by atoms with Crippen LogP contribution in [0.25, 0.3) is 0 Å². The van der Waals surface area contributed by atoms with Crippen molar-refractivity contribution >= 4 is 11.5 Å². The van der Waals surface area contributed by atoms with Crippen molar-refractivity contribution < 1.29 is 14.8 Å². The van der Waals surface area contributed by atoms with Crippen LogP contribution in [0.15, 0.2) is 6.33 Å². The van der Waals surface area contributed by atoms with E-state index in [1.54, 1.807) is 0 Å². The number of aromatic nitrogens is 2. The maximum Gasteiger partial charge on any atom is 0.372 e. The summed E-state index contributed by atoms with van der Waals surface area (Å²) in [5, 5.41) is 24.3. The van der Waals surface area contributed by atoms with E-state index in [9.17, 15) is 15.2 Å². The van der Waals surface area contributed by atoms with Crippen molar-refractivity contribution in [3.05, 3.63) is 16.4 Å². The summed E-state index contributed by atoms with van der Waals surface area (Å²) in [4.78, 5) is 18.1. The quantitative estimate of drug-likeness (QED) is 0.621. The van der Waals surface area contributed by atoms with Crippen LogP contribution in [-0.2, 0) is 0 Å². The average Bonchev–Trinajstić information content (AvgIpc) is 2.45. The van der Waals surface area contributed by atoms with Gasteiger partial charge in [-0.05, 0) is 12.8 Å². The lowest BCUT2D eigenvalue weighted by Gasteiger charge is -2.32. The van der Waals surface area contributed by atoms with E-state index in [1.807, 2.05) is 0 Å². The molecule has 8 nitrogen and oxygen atoms in total. The van der Waals surface area contributed by atoms with Crippen LogP contribution in [0.5, 0.6) is 5.88 Å². The molecule has 2 rings (SSSR count). The lowest BCUT2D eigenvalue weighted by Crippen LogP contribution is -2.39. The van der Waals surface area contributed by atoms with E-state index in [0.717, 1.165) is 19.3 Å². The molecule has 2 N–H and O–H groups in total. The smallest absolute Gasteiger partial charge is 0.372 e. The van der Waals surface area contributed by atoms with Crippen LogP contribution < -0.4 is 10.1 Å². The fraction of sp³-hybridized carbons (Fsp3) is 0.667. The number of hydrogen-bond donors (Lipinski definition) is 2. The Morgan fingerprint density at radius 1 is 1.45 bits per heavy atom. The number of hydrogen-bond acceptors (Lipinski definition) is 7. The Kier molecular flexibility index (Phi) is 4.33. The third kappa shape index (κ3) is 3.13. The number of ether oxygens (including phenoxy) is 1. The van der Waals surface area contributed by atoms with E-state index in [-0.39, 0.29) is 23.9 Å². The molecule has 0 atom stereocenters. The molecule has 110 valence electrons. The lowest BCUT2D eigenvalue weighted by atomic mass is 9.85. The zero-order chi connectivity index (χ0) is 14.6. The first kappa shape index (κ1) is 14.4. The lowest BCUT2D eigenvalue weighted by molar-refractivity contribution is -0.385. The van der Waals surface area contributed by atoms with Crippen molar-refractivity contribution in [2.24, 2.45) is 0 Å². The summed E-state index contributed by atoms with van der Waals surface area (Å²) >= 11 is 0. The van der Waals surface area contributed by atoms with Crippen LogP contribution in [0.3, 0.4) is 0 Å². The van der Waals surface area contributed by atoms with Crippen molar-refractivity contribution in [2.75, 3.05) is 19.0 Å². The summed E-state index contributed by atoms with van der Waals surface area (Å²) in [6.07, 6.45) is 5.62. The number of methoxy groups -OCH3 is 1. The Labute approximate surface area is 116 Å². The molecule has 1 fully saturated rings. The van der Waals surface area contributed by atoms with Gasteiger partial charge in [-0.3, -0.25) is 10.1 Å². The molecule has 1 aromatic rings. The molecule has 0 unspecified atom stereocenters. The van der Waals surface area contributed by atoms with Gasteiger partial charge in [-0.15, -0.1) is 0 Å². The normalized spacial score (nSPS) is 17.5. The van der Waals surface area contributed by atoms with E-state index < -0.39 is 10.5 Å². The van der Waals surface area contributed by atoms with Crippen LogP contribution in [0.4, 0.5) is 11.5 Å². The molecule has 1 aromatic heterocycles. The van der Waals surface area contributed by atoms with Gasteiger partial charge in [0.1, 0.15) is 6.33 Å². The van der Waals surface area contributed by atoms with Crippen LogP contribution in [0.2, 0.25) is 0 Å². The molecular weight excluding hydrogens is 264 g/mol. The van der Waals surface area contributed by atoms with Crippen molar-refractivity contribution in [2.45, 2.75) is 37.7 Å². The summed E-state index contributed by atoms with van der Waals surface area (Å²) in [6, 6.07) is 0. The summed E-state index contributed by atoms with van der Waals surface area (Å²) < 4.78 is 4.87. The standard InChI is InChI=1S/C12H18N4O4/c1-20-11-9(16(18)19)10(14-8-15-11)13-7-12(17)5-3-2-4-6-12/h8,17H,2-7H2,1H3,(H,13,14,15). The number of aliphatic hydroxyl groups is 1. The van der Waals surface area contributed by atoms with Crippen LogP contribution in [0, 0.1) is 10.1 Å². The third-order valence-corrected chi connectivity index (χ3v) is 3.53. The number of nitrogens with zero attached hydrogens (tertiary/aromatic N) is 3. The summed E-state index contributed by atoms with van der Waals surface area (Å²) in [6.45, 7) is 0.230. The SMILES string of the molecule is COc1ncnc(NCC2(O)CCCCC2)c1[N+](=O)[O-]. The van der Waals surface area contributed by atoms with Crippen molar-refractivity contribution in [1.29, 1.82) is 0 Å². The van der Waals surface area contributed by atoms with Gasteiger partial charge >= 0.3 is 5.69 Å². The second-order valence-corrected chi connectivity index (χ2v) is 4.98. The molecule has 0 aromatic carbocycles. The molecule has 0 saturated heterocycles. The van der Waals surface area contributed by atoms with E-state index in [1.165, 1.54) is 13.4 Å². The second-order valence-electron chi connectivity index (χ2n) is 4.98. The first-order valence-corrected chi connectivity index (χ1v) is 6.55. The Balaban J connectivity index is 2.14. The minimum absolute atomic E-state index is 0.0702. The van der Waals surface area contributed by atoms with Gasteiger partial charge in [-0.1, -0.05) is 19.3 Å². The molecule has 0 aliphatic heterocycles. The monoisotopic (exact) mass is 282 g/mol. The Morgan fingerprint density at radius 2 is 2.15 bits per heavy atom. The Hall–Kier alpha value is -1.96. The van der Waals surface area contributed by atoms with Crippen LogP contribution in [0.1, 0.15) is 32.1 Å².